The molecule has 5 fully saturated rings. The van der Waals surface area contributed by atoms with Crippen LogP contribution in [0.15, 0.2) is 194 Å². The zero-order valence-electron chi connectivity index (χ0n) is 81.2. The van der Waals surface area contributed by atoms with Gasteiger partial charge in [0.25, 0.3) is 32.4 Å². The third kappa shape index (κ3) is 23.6. The van der Waals surface area contributed by atoms with Crippen LogP contribution >= 0.6 is 0 Å². The summed E-state index contributed by atoms with van der Waals surface area (Å²) in [5.41, 5.74) is 13.7. The van der Waals surface area contributed by atoms with Crippen molar-refractivity contribution in [3.05, 3.63) is 284 Å². The number of ether oxygens (including phenoxy) is 3. The lowest BCUT2D eigenvalue weighted by atomic mass is 9.88. The highest BCUT2D eigenvalue weighted by atomic mass is 32.2. The first-order valence-electron chi connectivity index (χ1n) is 49.2. The molecule has 7 N–H and O–H groups in total. The van der Waals surface area contributed by atoms with Crippen LogP contribution in [-0.2, 0) is 80.3 Å². The number of aromatic nitrogens is 14. The molecule has 0 spiro atoms. The summed E-state index contributed by atoms with van der Waals surface area (Å²) in [5.74, 6) is 2.71. The molecule has 14 aromatic rings. The van der Waals surface area contributed by atoms with Crippen LogP contribution in [0.4, 0.5) is 37.2 Å². The Morgan fingerprint density at radius 1 is 0.483 bits per heavy atom. The number of benzene rings is 7. The highest BCUT2D eigenvalue weighted by Crippen LogP contribution is 2.38. The number of hydrogen-bond donors (Lipinski definition) is 7. The molecule has 143 heavy (non-hydrogen) atoms. The van der Waals surface area contributed by atoms with Gasteiger partial charge in [0.2, 0.25) is 23.8 Å². The maximum absolute atomic E-state index is 13.6. The van der Waals surface area contributed by atoms with Gasteiger partial charge in [0.15, 0.2) is 0 Å². The summed E-state index contributed by atoms with van der Waals surface area (Å²) >= 11 is 0. The Hall–Kier alpha value is -13.9. The van der Waals surface area contributed by atoms with E-state index >= 15 is 0 Å². The first-order valence-corrected chi connectivity index (χ1v) is 50.6. The van der Waals surface area contributed by atoms with Gasteiger partial charge in [-0.15, -0.1) is 0 Å². The van der Waals surface area contributed by atoms with E-state index in [1.807, 2.05) is 125 Å². The molecular formula is C105H121F5N20O12S. The van der Waals surface area contributed by atoms with Crippen molar-refractivity contribution in [1.29, 1.82) is 0 Å². The number of aliphatic imine (C=N–C) groups is 1. The molecule has 6 aliphatic heterocycles. The van der Waals surface area contributed by atoms with E-state index in [-0.39, 0.29) is 87.7 Å². The number of rotatable bonds is 23. The van der Waals surface area contributed by atoms with Crippen molar-refractivity contribution in [2.45, 2.75) is 180 Å². The molecule has 6 aliphatic rings. The smallest absolute Gasteiger partial charge is 0.416 e. The van der Waals surface area contributed by atoms with E-state index in [1.54, 1.807) is 55.3 Å². The van der Waals surface area contributed by atoms with Gasteiger partial charge in [-0.2, -0.15) is 44.2 Å². The summed E-state index contributed by atoms with van der Waals surface area (Å²) in [6.07, 6.45) is 7.68. The number of halogens is 5. The topological polar surface area (TPSA) is 379 Å². The van der Waals surface area contributed by atoms with Crippen molar-refractivity contribution in [1.82, 2.24) is 92.3 Å². The largest absolute Gasteiger partial charge is 0.449 e. The van der Waals surface area contributed by atoms with Crippen molar-refractivity contribution in [3.8, 4) is 29.1 Å². The number of alkyl halides is 3. The zero-order valence-corrected chi connectivity index (χ0v) is 82.0. The molecule has 32 nitrogen and oxygen atoms in total. The SMILES string of the molecule is CC(=O)N1CCC(Cc2c(-c3ccc(C(F)(F)F)cc3)[nH]n(-c3nc4ccccc4[nH]3)c2=O)CC1.CC(C)COC(=O)N1CCC(c2[nH]n(-c3nc4ccccc4[nH]3)c(=O)c2CCc2ccc(F)cc2)CC1.CC(C)OC(=O)N1CCC(c2[nH]n(-c3nc4ccccc4[nH]3)c(=O)c2CCC2CCOCC2)CC1.CN(C)S(=O)(=O)N1CCC(c2[nH]n(C3=Nc4ccccc4C3)c(=O)c2CCc2ccc(F)cc2)CC1. The number of carbonyl (C=O) groups excluding carboxylic acids is 3. The maximum Gasteiger partial charge on any atom is 0.416 e. The van der Waals surface area contributed by atoms with Gasteiger partial charge < -0.3 is 43.9 Å². The van der Waals surface area contributed by atoms with Crippen molar-refractivity contribution in [3.63, 3.8) is 0 Å². The fourth-order valence-electron chi connectivity index (χ4n) is 19.8. The molecule has 3 amide bonds. The average molecular weight is 1980 g/mol. The van der Waals surface area contributed by atoms with E-state index in [0.717, 1.165) is 162 Å². The summed E-state index contributed by atoms with van der Waals surface area (Å²) in [7, 11) is -0.403. The highest BCUT2D eigenvalue weighted by molar-refractivity contribution is 7.86. The third-order valence-electron chi connectivity index (χ3n) is 27.9. The second-order valence-corrected chi connectivity index (χ2v) is 40.7. The molecule has 7 aromatic carbocycles. The first kappa shape index (κ1) is 101. The van der Waals surface area contributed by atoms with Gasteiger partial charge in [0.05, 0.1) is 62.8 Å². The number of carbonyl (C=O) groups is 3. The standard InChI is InChI=1S/C28H32FN5O3.C26H30FN5O3S.C26H35N5O4.C25H24F3N5O2/c1-18(2)17-37-28(36)33-15-13-20(14-16-33)25-22(12-9-19-7-10-21(29)11-8-19)26(35)34(32-25)27-30-23-5-3-4-6-24(23)31-27;1-30(2)36(34,35)31-15-13-19(14-16-31)25-22(12-9-18-7-10-21(27)11-8-18)26(33)32(29-25)24-17-20-5-3-4-6-23(20)28-24;1-17(2)35-26(33)30-13-9-19(10-14-30)23-20(8-7-18-11-15-34-16-12-18)24(32)31(29-23)25-27-21-5-3-4-6-22(21)28-25;1-15(34)32-12-10-16(11-13-32)14-19-22(17-6-8-18(9-7-17)25(26,27)28)31-33(23(19)35)24-29-20-4-2-3-5-21(20)30-24/h3-8,10-11,18,20,32H,9,12-17H2,1-2H3,(H,30,31);3-8,10-11,19,29H,9,12-17H2,1-2H3;3-6,17-19,29H,7-16H2,1-2H3,(H,27,28);2-9,16,31H,10-14H2,1H3,(H,29,30). The van der Waals surface area contributed by atoms with Crippen LogP contribution in [0.3, 0.4) is 0 Å². The van der Waals surface area contributed by atoms with Crippen molar-refractivity contribution in [2.75, 3.05) is 86.3 Å². The van der Waals surface area contributed by atoms with Gasteiger partial charge in [-0.25, -0.2) is 43.0 Å². The molecular weight excluding hydrogens is 1860 g/mol. The number of aromatic amines is 7. The van der Waals surface area contributed by atoms with E-state index in [2.05, 4.69) is 55.3 Å². The summed E-state index contributed by atoms with van der Waals surface area (Å²) < 4.78 is 116. The van der Waals surface area contributed by atoms with E-state index in [0.29, 0.717) is 173 Å². The van der Waals surface area contributed by atoms with Crippen molar-refractivity contribution in [2.24, 2.45) is 22.7 Å². The van der Waals surface area contributed by atoms with E-state index in [9.17, 15) is 63.9 Å². The Bertz CT molecular complexity index is 7120. The monoisotopic (exact) mass is 1980 g/mol. The van der Waals surface area contributed by atoms with E-state index < -0.39 is 21.9 Å². The Labute approximate surface area is 822 Å². The maximum atomic E-state index is 13.6. The summed E-state index contributed by atoms with van der Waals surface area (Å²) in [6, 6.07) is 48.1. The quantitative estimate of drug-likeness (QED) is 0.0293. The fourth-order valence-corrected chi connectivity index (χ4v) is 21.0. The number of H-pyrrole nitrogens is 7. The number of piperidine rings is 4. The van der Waals surface area contributed by atoms with Gasteiger partial charge >= 0.3 is 18.4 Å². The molecule has 7 aromatic heterocycles. The Balaban J connectivity index is 0.000000131. The average Bonchev–Trinajstić information content (AvgIpc) is 1.61. The predicted octanol–water partition coefficient (Wildman–Crippen LogP) is 16.8. The van der Waals surface area contributed by atoms with Crippen LogP contribution in [0.2, 0.25) is 0 Å². The molecule has 20 rings (SSSR count). The molecule has 38 heteroatoms. The van der Waals surface area contributed by atoms with Crippen molar-refractivity contribution < 1.29 is 59.0 Å². The van der Waals surface area contributed by atoms with Crippen molar-refractivity contribution >= 4 is 72.9 Å². The number of amides is 3. The number of nitrogens with zero attached hydrogens (tertiary/aromatic N) is 13. The lowest BCUT2D eigenvalue weighted by molar-refractivity contribution is -0.137. The minimum Gasteiger partial charge on any atom is -0.449 e. The first-order chi connectivity index (χ1) is 68.8. The Kier molecular flexibility index (Phi) is 31.2. The lowest BCUT2D eigenvalue weighted by Crippen LogP contribution is -2.44. The number of imidazole rings is 3. The number of hydrogen-bond acceptors (Lipinski definition) is 16. The third-order valence-corrected chi connectivity index (χ3v) is 29.8. The Morgan fingerprint density at radius 3 is 1.36 bits per heavy atom. The molecule has 0 aliphatic carbocycles. The lowest BCUT2D eigenvalue weighted by Gasteiger charge is -2.32. The molecule has 13 heterocycles. The fraction of sp³-hybridized carbons (Fsp3) is 0.419. The highest BCUT2D eigenvalue weighted by Gasteiger charge is 2.38. The van der Waals surface area contributed by atoms with Crippen LogP contribution in [0.1, 0.15) is 185 Å². The van der Waals surface area contributed by atoms with Crippen LogP contribution in [-0.4, -0.2) is 217 Å². The molecule has 5 saturated heterocycles. The second kappa shape index (κ2) is 44.3. The molecule has 754 valence electrons. The molecule has 0 saturated carbocycles. The number of likely N-dealkylation sites (tertiary alicyclic amines) is 3. The summed E-state index contributed by atoms with van der Waals surface area (Å²) in [4.78, 5) is 124. The number of para-hydroxylation sites is 7. The minimum absolute atomic E-state index is 0.0279. The van der Waals surface area contributed by atoms with Crippen LogP contribution in [0.25, 0.3) is 62.2 Å². The number of aryl methyl sites for hydroxylation is 2. The Morgan fingerprint density at radius 2 is 0.909 bits per heavy atom. The number of fused-ring (bicyclic) bond motifs is 4. The van der Waals surface area contributed by atoms with Gasteiger partial charge in [0.1, 0.15) is 17.5 Å². The summed E-state index contributed by atoms with van der Waals surface area (Å²) in [5, 5.41) is 13.2. The van der Waals surface area contributed by atoms with Crippen LogP contribution < -0.4 is 22.2 Å². The predicted molar refractivity (Wildman–Crippen MR) is 535 cm³/mol. The molecule has 0 radical (unpaired) electrons. The molecule has 0 unspecified atom stereocenters. The summed E-state index contributed by atoms with van der Waals surface area (Å²) in [6.45, 7) is 15.7. The van der Waals surface area contributed by atoms with Gasteiger partial charge in [0, 0.05) is 150 Å². The van der Waals surface area contributed by atoms with Crippen LogP contribution in [0.5, 0.6) is 0 Å². The van der Waals surface area contributed by atoms with E-state index in [1.165, 1.54) is 68.5 Å². The minimum atomic E-state index is -4.44. The second-order valence-electron chi connectivity index (χ2n) is 38.6. The molecule has 0 bridgehead atoms. The van der Waals surface area contributed by atoms with Gasteiger partial charge in [-0.1, -0.05) is 105 Å². The zero-order chi connectivity index (χ0) is 100. The number of nitrogens with one attached hydrogen (secondary N) is 7. The van der Waals surface area contributed by atoms with Gasteiger partial charge in [-0.05, 0) is 242 Å². The normalized spacial score (nSPS) is 16.1. The molecule has 0 atom stereocenters. The van der Waals surface area contributed by atoms with Gasteiger partial charge in [-0.3, -0.25) is 44.4 Å². The van der Waals surface area contributed by atoms with Crippen LogP contribution in [0, 0.1) is 29.4 Å². The van der Waals surface area contributed by atoms with E-state index in [4.69, 9.17) is 14.2 Å².